The Labute approximate surface area is 143 Å². The van der Waals surface area contributed by atoms with Crippen molar-refractivity contribution in [2.45, 2.75) is 19.3 Å². The maximum atomic E-state index is 13.0. The first-order valence-electron chi connectivity index (χ1n) is 7.90. The maximum absolute atomic E-state index is 13.0. The number of rotatable bonds is 5. The third-order valence-corrected chi connectivity index (χ3v) is 4.31. The largest absolute Gasteiger partial charge is 0.294 e. The molecule has 2 aromatic heterocycles. The lowest BCUT2D eigenvalue weighted by molar-refractivity contribution is -0.121. The monoisotopic (exact) mass is 338 g/mol. The molecular weight excluding hydrogens is 323 g/mol. The summed E-state index contributed by atoms with van der Waals surface area (Å²) in [5, 5.41) is 6.88. The third kappa shape index (κ3) is 3.10. The smallest absolute Gasteiger partial charge is 0.253 e. The number of hydrogen-bond donors (Lipinski definition) is 1. The average molecular weight is 338 g/mol. The Morgan fingerprint density at radius 2 is 1.88 bits per heavy atom. The Hall–Kier alpha value is -3.16. The molecule has 0 aliphatic heterocycles. The maximum Gasteiger partial charge on any atom is 0.253 e. The molecule has 0 unspecified atom stereocenters. The Bertz CT molecular complexity index is 889. The molecule has 25 heavy (non-hydrogen) atoms. The van der Waals surface area contributed by atoms with Gasteiger partial charge in [0.15, 0.2) is 0 Å². The number of amides is 1. The number of nitrogens with zero attached hydrogens (tertiary/aromatic N) is 5. The van der Waals surface area contributed by atoms with E-state index in [1.165, 1.54) is 23.1 Å². The van der Waals surface area contributed by atoms with Gasteiger partial charge in [0.25, 0.3) is 5.95 Å². The molecule has 1 aromatic carbocycles. The van der Waals surface area contributed by atoms with Crippen LogP contribution in [-0.2, 0) is 11.2 Å². The summed E-state index contributed by atoms with van der Waals surface area (Å²) < 4.78 is 14.4. The highest BCUT2D eigenvalue weighted by Gasteiger charge is 2.50. The average Bonchev–Trinajstić information content (AvgIpc) is 3.28. The number of nitrogens with one attached hydrogen (secondary N) is 1. The van der Waals surface area contributed by atoms with E-state index < -0.39 is 5.41 Å². The molecule has 0 saturated heterocycles. The summed E-state index contributed by atoms with van der Waals surface area (Å²) in [5.74, 6) is 0.205. The number of benzene rings is 1. The predicted molar refractivity (Wildman–Crippen MR) is 87.3 cm³/mol. The van der Waals surface area contributed by atoms with Crippen molar-refractivity contribution in [3.63, 3.8) is 0 Å². The number of halogens is 1. The van der Waals surface area contributed by atoms with Gasteiger partial charge in [-0.15, -0.1) is 0 Å². The van der Waals surface area contributed by atoms with Gasteiger partial charge in [0.05, 0.1) is 5.41 Å². The molecule has 1 aliphatic rings. The predicted octanol–water partition coefficient (Wildman–Crippen LogP) is 2.16. The van der Waals surface area contributed by atoms with Gasteiger partial charge in [0.1, 0.15) is 12.1 Å². The fourth-order valence-corrected chi connectivity index (χ4v) is 2.74. The lowest BCUT2D eigenvalue weighted by atomic mass is 9.95. The zero-order valence-corrected chi connectivity index (χ0v) is 13.3. The SMILES string of the molecule is O=C(Nc1ncnn1-c1ncccn1)C1(Cc2ccc(F)cc2)CC1. The number of carbonyl (C=O) groups is 1. The Morgan fingerprint density at radius 3 is 2.56 bits per heavy atom. The van der Waals surface area contributed by atoms with E-state index >= 15 is 0 Å². The van der Waals surface area contributed by atoms with E-state index in [1.807, 2.05) is 0 Å². The van der Waals surface area contributed by atoms with E-state index in [0.29, 0.717) is 12.4 Å². The summed E-state index contributed by atoms with van der Waals surface area (Å²) in [6, 6.07) is 7.94. The Kier molecular flexibility index (Phi) is 3.72. The number of anilines is 1. The van der Waals surface area contributed by atoms with Gasteiger partial charge < -0.3 is 0 Å². The molecule has 1 N–H and O–H groups in total. The van der Waals surface area contributed by atoms with Crippen LogP contribution in [0.25, 0.3) is 5.95 Å². The Balaban J connectivity index is 1.51. The van der Waals surface area contributed by atoms with Crippen molar-refractivity contribution in [2.24, 2.45) is 5.41 Å². The molecule has 1 fully saturated rings. The molecule has 0 spiro atoms. The van der Waals surface area contributed by atoms with Crippen LogP contribution < -0.4 is 5.32 Å². The van der Waals surface area contributed by atoms with Crippen molar-refractivity contribution in [3.05, 3.63) is 60.4 Å². The quantitative estimate of drug-likeness (QED) is 0.770. The van der Waals surface area contributed by atoms with E-state index in [-0.39, 0.29) is 17.7 Å². The standard InChI is InChI=1S/C17H15FN6O/c18-13-4-2-12(3-5-13)10-17(6-7-17)14(25)23-16-21-11-22-24(16)15-19-8-1-9-20-15/h1-5,8-9,11H,6-7,10H2,(H,21,22,23,25). The molecule has 0 bridgehead atoms. The van der Waals surface area contributed by atoms with Crippen molar-refractivity contribution < 1.29 is 9.18 Å². The van der Waals surface area contributed by atoms with Gasteiger partial charge in [-0.2, -0.15) is 14.8 Å². The van der Waals surface area contributed by atoms with Gasteiger partial charge in [0, 0.05) is 12.4 Å². The molecule has 4 rings (SSSR count). The van der Waals surface area contributed by atoms with Crippen molar-refractivity contribution in [2.75, 3.05) is 5.32 Å². The second-order valence-corrected chi connectivity index (χ2v) is 6.08. The molecule has 3 aromatic rings. The highest BCUT2D eigenvalue weighted by atomic mass is 19.1. The summed E-state index contributed by atoms with van der Waals surface area (Å²) in [6.45, 7) is 0. The lowest BCUT2D eigenvalue weighted by Crippen LogP contribution is -2.28. The first-order chi connectivity index (χ1) is 12.2. The van der Waals surface area contributed by atoms with Crippen LogP contribution in [0, 0.1) is 11.2 Å². The molecule has 7 nitrogen and oxygen atoms in total. The van der Waals surface area contributed by atoms with Crippen molar-refractivity contribution in [3.8, 4) is 5.95 Å². The van der Waals surface area contributed by atoms with Gasteiger partial charge >= 0.3 is 0 Å². The highest BCUT2D eigenvalue weighted by molar-refractivity contribution is 5.96. The molecule has 8 heteroatoms. The zero-order chi connectivity index (χ0) is 17.3. The van der Waals surface area contributed by atoms with E-state index in [2.05, 4.69) is 25.4 Å². The highest BCUT2D eigenvalue weighted by Crippen LogP contribution is 2.49. The zero-order valence-electron chi connectivity index (χ0n) is 13.3. The van der Waals surface area contributed by atoms with Crippen LogP contribution >= 0.6 is 0 Å². The molecule has 126 valence electrons. The number of carbonyl (C=O) groups excluding carboxylic acids is 1. The van der Waals surface area contributed by atoms with Gasteiger partial charge in [-0.05, 0) is 43.0 Å². The number of hydrogen-bond acceptors (Lipinski definition) is 5. The lowest BCUT2D eigenvalue weighted by Gasteiger charge is -2.15. The van der Waals surface area contributed by atoms with E-state index in [0.717, 1.165) is 18.4 Å². The van der Waals surface area contributed by atoms with Gasteiger partial charge in [0.2, 0.25) is 11.9 Å². The minimum Gasteiger partial charge on any atom is -0.294 e. The van der Waals surface area contributed by atoms with Crippen LogP contribution in [0.4, 0.5) is 10.3 Å². The normalized spacial score (nSPS) is 14.9. The summed E-state index contributed by atoms with van der Waals surface area (Å²) >= 11 is 0. The Morgan fingerprint density at radius 1 is 1.16 bits per heavy atom. The minimum absolute atomic E-state index is 0.123. The van der Waals surface area contributed by atoms with E-state index in [9.17, 15) is 9.18 Å². The molecule has 0 atom stereocenters. The van der Waals surface area contributed by atoms with E-state index in [1.54, 1.807) is 30.6 Å². The van der Waals surface area contributed by atoms with Crippen LogP contribution in [0.15, 0.2) is 49.1 Å². The fraction of sp³-hybridized carbons (Fsp3) is 0.235. The van der Waals surface area contributed by atoms with Gasteiger partial charge in [-0.25, -0.2) is 14.4 Å². The fourth-order valence-electron chi connectivity index (χ4n) is 2.74. The van der Waals surface area contributed by atoms with Crippen molar-refractivity contribution >= 4 is 11.9 Å². The van der Waals surface area contributed by atoms with Gasteiger partial charge in [-0.1, -0.05) is 12.1 Å². The first-order valence-corrected chi connectivity index (χ1v) is 7.90. The molecule has 0 radical (unpaired) electrons. The van der Waals surface area contributed by atoms with Crippen LogP contribution in [0.2, 0.25) is 0 Å². The second-order valence-electron chi connectivity index (χ2n) is 6.08. The van der Waals surface area contributed by atoms with Crippen LogP contribution in [-0.4, -0.2) is 30.6 Å². The van der Waals surface area contributed by atoms with Crippen molar-refractivity contribution in [1.82, 2.24) is 24.7 Å². The second kappa shape index (κ2) is 6.04. The summed E-state index contributed by atoms with van der Waals surface area (Å²) in [6.07, 6.45) is 6.65. The van der Waals surface area contributed by atoms with Crippen molar-refractivity contribution in [1.29, 1.82) is 0 Å². The van der Waals surface area contributed by atoms with Crippen LogP contribution in [0.1, 0.15) is 18.4 Å². The molecule has 2 heterocycles. The van der Waals surface area contributed by atoms with Gasteiger partial charge in [-0.3, -0.25) is 10.1 Å². The molecule has 1 amide bonds. The first kappa shape index (κ1) is 15.4. The molecule has 1 saturated carbocycles. The van der Waals surface area contributed by atoms with Crippen LogP contribution in [0.3, 0.4) is 0 Å². The summed E-state index contributed by atoms with van der Waals surface area (Å²) in [5.41, 5.74) is 0.452. The summed E-state index contributed by atoms with van der Waals surface area (Å²) in [4.78, 5) is 25.0. The molecule has 1 aliphatic carbocycles. The molecular formula is C17H15FN6O. The summed E-state index contributed by atoms with van der Waals surface area (Å²) in [7, 11) is 0. The topological polar surface area (TPSA) is 85.6 Å². The van der Waals surface area contributed by atoms with E-state index in [4.69, 9.17) is 0 Å². The minimum atomic E-state index is -0.480. The third-order valence-electron chi connectivity index (χ3n) is 4.31. The number of aromatic nitrogens is 5. The van der Waals surface area contributed by atoms with Crippen LogP contribution in [0.5, 0.6) is 0 Å².